The predicted molar refractivity (Wildman–Crippen MR) is 59.4 cm³/mol. The van der Waals surface area contributed by atoms with Crippen LogP contribution in [0.5, 0.6) is 5.75 Å². The maximum Gasteiger partial charge on any atom is 0.172 e. The number of ketones is 1. The van der Waals surface area contributed by atoms with Gasteiger partial charge in [-0.25, -0.2) is 4.39 Å². The Morgan fingerprint density at radius 3 is 2.73 bits per heavy atom. The van der Waals surface area contributed by atoms with Crippen LogP contribution >= 0.6 is 15.9 Å². The molecule has 2 nitrogen and oxygen atoms in total. The minimum absolute atomic E-state index is 0.00155. The molecular weight excluding hydrogens is 263 g/mol. The molecular formula is C11H12BrFO2. The molecule has 15 heavy (non-hydrogen) atoms. The lowest BCUT2D eigenvalue weighted by Crippen LogP contribution is -2.16. The van der Waals surface area contributed by atoms with Gasteiger partial charge in [-0.05, 0) is 28.1 Å². The van der Waals surface area contributed by atoms with Gasteiger partial charge in [0.2, 0.25) is 0 Å². The zero-order valence-electron chi connectivity index (χ0n) is 8.59. The highest BCUT2D eigenvalue weighted by Crippen LogP contribution is 2.20. The topological polar surface area (TPSA) is 26.3 Å². The number of carbonyl (C=O) groups excluding carboxylic acids is 1. The van der Waals surface area contributed by atoms with Gasteiger partial charge >= 0.3 is 0 Å². The summed E-state index contributed by atoms with van der Waals surface area (Å²) < 4.78 is 18.6. The predicted octanol–water partition coefficient (Wildman–Crippen LogP) is 3.19. The molecule has 0 saturated carbocycles. The van der Waals surface area contributed by atoms with E-state index in [4.69, 9.17) is 4.74 Å². The molecule has 0 amide bonds. The van der Waals surface area contributed by atoms with Gasteiger partial charge in [-0.2, -0.15) is 0 Å². The number of hydrogen-bond acceptors (Lipinski definition) is 2. The molecule has 0 atom stereocenters. The van der Waals surface area contributed by atoms with Crippen LogP contribution in [0, 0.1) is 11.7 Å². The summed E-state index contributed by atoms with van der Waals surface area (Å²) in [5, 5.41) is 0. The first-order valence-corrected chi connectivity index (χ1v) is 5.40. The van der Waals surface area contributed by atoms with Crippen LogP contribution in [0.4, 0.5) is 4.39 Å². The van der Waals surface area contributed by atoms with E-state index in [1.165, 1.54) is 6.07 Å². The first-order valence-electron chi connectivity index (χ1n) is 4.61. The van der Waals surface area contributed by atoms with E-state index in [1.54, 1.807) is 26.0 Å². The fourth-order valence-corrected chi connectivity index (χ4v) is 1.13. The largest absolute Gasteiger partial charge is 0.486 e. The van der Waals surface area contributed by atoms with Crippen molar-refractivity contribution in [3.63, 3.8) is 0 Å². The molecule has 4 heteroatoms. The number of carbonyl (C=O) groups is 1. The average molecular weight is 275 g/mol. The van der Waals surface area contributed by atoms with Crippen molar-refractivity contribution in [1.29, 1.82) is 0 Å². The summed E-state index contributed by atoms with van der Waals surface area (Å²) in [6.45, 7) is 3.58. The lowest BCUT2D eigenvalue weighted by atomic mass is 10.1. The van der Waals surface area contributed by atoms with E-state index < -0.39 is 5.82 Å². The van der Waals surface area contributed by atoms with Crippen molar-refractivity contribution in [2.24, 2.45) is 5.92 Å². The van der Waals surface area contributed by atoms with Crippen LogP contribution in [0.1, 0.15) is 13.8 Å². The fraction of sp³-hybridized carbons (Fsp3) is 0.364. The van der Waals surface area contributed by atoms with E-state index in [9.17, 15) is 9.18 Å². The molecule has 0 aromatic heterocycles. The highest BCUT2D eigenvalue weighted by atomic mass is 79.9. The van der Waals surface area contributed by atoms with E-state index in [0.717, 1.165) is 0 Å². The maximum absolute atomic E-state index is 13.1. The van der Waals surface area contributed by atoms with E-state index >= 15 is 0 Å². The van der Waals surface area contributed by atoms with Crippen LogP contribution in [-0.4, -0.2) is 12.4 Å². The molecule has 0 aliphatic heterocycles. The quantitative estimate of drug-likeness (QED) is 0.843. The van der Waals surface area contributed by atoms with Gasteiger partial charge in [0.15, 0.2) is 5.78 Å². The third-order valence-corrected chi connectivity index (χ3v) is 2.56. The third-order valence-electron chi connectivity index (χ3n) is 1.92. The summed E-state index contributed by atoms with van der Waals surface area (Å²) in [6.07, 6.45) is 0. The minimum atomic E-state index is -0.399. The molecule has 1 rings (SSSR count). The number of Topliss-reactive ketones (excluding diaryl/α,β-unsaturated/α-hetero) is 1. The SMILES string of the molecule is CC(C)C(=O)COc1ccc(Br)c(F)c1. The minimum Gasteiger partial charge on any atom is -0.486 e. The first kappa shape index (κ1) is 12.2. The first-order chi connectivity index (χ1) is 7.00. The van der Waals surface area contributed by atoms with Crippen molar-refractivity contribution in [1.82, 2.24) is 0 Å². The Morgan fingerprint density at radius 1 is 1.53 bits per heavy atom. The molecule has 0 heterocycles. The Labute approximate surface area is 96.6 Å². The molecule has 0 aliphatic rings. The van der Waals surface area contributed by atoms with Gasteiger partial charge in [0.1, 0.15) is 18.2 Å². The smallest absolute Gasteiger partial charge is 0.172 e. The van der Waals surface area contributed by atoms with Crippen molar-refractivity contribution in [3.05, 3.63) is 28.5 Å². The second-order valence-electron chi connectivity index (χ2n) is 3.49. The number of rotatable bonds is 4. The van der Waals surface area contributed by atoms with Crippen LogP contribution in [-0.2, 0) is 4.79 Å². The molecule has 0 spiro atoms. The standard InChI is InChI=1S/C11H12BrFO2/c1-7(2)11(14)6-15-8-3-4-9(12)10(13)5-8/h3-5,7H,6H2,1-2H3. The second-order valence-corrected chi connectivity index (χ2v) is 4.34. The molecule has 0 N–H and O–H groups in total. The normalized spacial score (nSPS) is 10.5. The van der Waals surface area contributed by atoms with Crippen LogP contribution in [0.15, 0.2) is 22.7 Å². The molecule has 82 valence electrons. The zero-order valence-corrected chi connectivity index (χ0v) is 10.2. The fourth-order valence-electron chi connectivity index (χ4n) is 0.888. The number of benzene rings is 1. The Bertz CT molecular complexity index is 364. The molecule has 0 aliphatic carbocycles. The Balaban J connectivity index is 2.58. The summed E-state index contributed by atoms with van der Waals surface area (Å²) >= 11 is 3.04. The van der Waals surface area contributed by atoms with Crippen molar-refractivity contribution in [2.45, 2.75) is 13.8 Å². The molecule has 0 saturated heterocycles. The number of hydrogen-bond donors (Lipinski definition) is 0. The Hall–Kier alpha value is -0.900. The third kappa shape index (κ3) is 3.63. The van der Waals surface area contributed by atoms with E-state index in [-0.39, 0.29) is 18.3 Å². The van der Waals surface area contributed by atoms with E-state index in [0.29, 0.717) is 10.2 Å². The summed E-state index contributed by atoms with van der Waals surface area (Å²) in [7, 11) is 0. The van der Waals surface area contributed by atoms with Crippen molar-refractivity contribution in [2.75, 3.05) is 6.61 Å². The summed E-state index contributed by atoms with van der Waals surface area (Å²) in [6, 6.07) is 4.41. The monoisotopic (exact) mass is 274 g/mol. The molecule has 1 aromatic rings. The van der Waals surface area contributed by atoms with Crippen molar-refractivity contribution < 1.29 is 13.9 Å². The van der Waals surface area contributed by atoms with E-state index in [2.05, 4.69) is 15.9 Å². The molecule has 0 radical (unpaired) electrons. The highest BCUT2D eigenvalue weighted by molar-refractivity contribution is 9.10. The van der Waals surface area contributed by atoms with Crippen molar-refractivity contribution >= 4 is 21.7 Å². The van der Waals surface area contributed by atoms with Crippen LogP contribution < -0.4 is 4.74 Å². The van der Waals surface area contributed by atoms with Gasteiger partial charge in [0.05, 0.1) is 4.47 Å². The summed E-state index contributed by atoms with van der Waals surface area (Å²) in [5.41, 5.74) is 0. The number of halogens is 2. The Kier molecular flexibility index (Phi) is 4.27. The molecule has 0 fully saturated rings. The summed E-state index contributed by atoms with van der Waals surface area (Å²) in [4.78, 5) is 11.2. The van der Waals surface area contributed by atoms with Gasteiger partial charge in [-0.1, -0.05) is 13.8 Å². The van der Waals surface area contributed by atoms with E-state index in [1.807, 2.05) is 0 Å². The van der Waals surface area contributed by atoms with Gasteiger partial charge in [-0.3, -0.25) is 4.79 Å². The average Bonchev–Trinajstić information content (AvgIpc) is 2.19. The second kappa shape index (κ2) is 5.26. The molecule has 0 unspecified atom stereocenters. The lowest BCUT2D eigenvalue weighted by molar-refractivity contribution is -0.123. The van der Waals surface area contributed by atoms with Crippen LogP contribution in [0.2, 0.25) is 0 Å². The molecule has 1 aromatic carbocycles. The van der Waals surface area contributed by atoms with Gasteiger partial charge in [0.25, 0.3) is 0 Å². The lowest BCUT2D eigenvalue weighted by Gasteiger charge is -2.07. The van der Waals surface area contributed by atoms with Gasteiger partial charge in [-0.15, -0.1) is 0 Å². The van der Waals surface area contributed by atoms with Gasteiger partial charge < -0.3 is 4.74 Å². The zero-order chi connectivity index (χ0) is 11.4. The maximum atomic E-state index is 13.1. The Morgan fingerprint density at radius 2 is 2.20 bits per heavy atom. The number of ether oxygens (including phenoxy) is 1. The van der Waals surface area contributed by atoms with Crippen molar-refractivity contribution in [3.8, 4) is 5.75 Å². The molecule has 0 bridgehead atoms. The summed E-state index contributed by atoms with van der Waals surface area (Å²) in [5.74, 6) is -0.0992. The highest BCUT2D eigenvalue weighted by Gasteiger charge is 2.08. The van der Waals surface area contributed by atoms with Gasteiger partial charge in [0, 0.05) is 12.0 Å². The van der Waals surface area contributed by atoms with Crippen LogP contribution in [0.25, 0.3) is 0 Å². The van der Waals surface area contributed by atoms with Crippen LogP contribution in [0.3, 0.4) is 0 Å².